The van der Waals surface area contributed by atoms with Gasteiger partial charge >= 0.3 is 0 Å². The molecule has 0 aliphatic carbocycles. The Kier molecular flexibility index (Phi) is 7.85. The minimum absolute atomic E-state index is 0.0525. The molecule has 3 amide bonds. The first kappa shape index (κ1) is 29.7. The Hall–Kier alpha value is -4.35. The molecule has 3 fully saturated rings. The lowest BCUT2D eigenvalue weighted by molar-refractivity contribution is -0.154. The number of para-hydroxylation sites is 1. The van der Waals surface area contributed by atoms with E-state index >= 15 is 0 Å². The Morgan fingerprint density at radius 3 is 2.48 bits per heavy atom. The van der Waals surface area contributed by atoms with Gasteiger partial charge in [0, 0.05) is 26.2 Å². The monoisotopic (exact) mass is 598 g/mol. The Bertz CT molecular complexity index is 1590. The highest BCUT2D eigenvalue weighted by molar-refractivity contribution is 5.99. The van der Waals surface area contributed by atoms with Gasteiger partial charge in [0.05, 0.1) is 29.6 Å². The van der Waals surface area contributed by atoms with Crippen molar-refractivity contribution in [2.75, 3.05) is 26.2 Å². The zero-order valence-electron chi connectivity index (χ0n) is 24.9. The van der Waals surface area contributed by atoms with Crippen LogP contribution in [0.4, 0.5) is 0 Å². The van der Waals surface area contributed by atoms with E-state index in [1.54, 1.807) is 26.6 Å². The Labute approximate surface area is 256 Å². The second-order valence-corrected chi connectivity index (χ2v) is 12.0. The number of benzene rings is 2. The summed E-state index contributed by atoms with van der Waals surface area (Å²) in [6.45, 7) is 10.1. The van der Waals surface area contributed by atoms with E-state index in [1.165, 1.54) is 4.90 Å². The average Bonchev–Trinajstić information content (AvgIpc) is 3.73. The molecule has 3 saturated heterocycles. The third kappa shape index (κ3) is 4.71. The van der Waals surface area contributed by atoms with Gasteiger partial charge in [0.2, 0.25) is 17.7 Å². The van der Waals surface area contributed by atoms with Crippen molar-refractivity contribution < 1.29 is 24.2 Å². The molecular weight excluding hydrogens is 560 g/mol. The van der Waals surface area contributed by atoms with E-state index in [0.29, 0.717) is 31.4 Å². The zero-order chi connectivity index (χ0) is 31.1. The van der Waals surface area contributed by atoms with Gasteiger partial charge in [-0.1, -0.05) is 59.8 Å². The molecule has 5 atom stereocenters. The van der Waals surface area contributed by atoms with Gasteiger partial charge in [-0.25, -0.2) is 4.68 Å². The smallest absolute Gasteiger partial charge is 0.250 e. The summed E-state index contributed by atoms with van der Waals surface area (Å²) in [6.07, 6.45) is 4.26. The van der Waals surface area contributed by atoms with Crippen LogP contribution in [0.15, 0.2) is 79.9 Å². The third-order valence-electron chi connectivity index (χ3n) is 9.38. The van der Waals surface area contributed by atoms with Crippen LogP contribution in [0.25, 0.3) is 11.0 Å². The van der Waals surface area contributed by atoms with Crippen LogP contribution in [0.2, 0.25) is 0 Å². The van der Waals surface area contributed by atoms with E-state index in [2.05, 4.69) is 23.5 Å². The van der Waals surface area contributed by atoms with Gasteiger partial charge in [0.25, 0.3) is 0 Å². The van der Waals surface area contributed by atoms with Crippen molar-refractivity contribution in [2.45, 2.75) is 50.2 Å². The number of carbonyl (C=O) groups excluding carboxylic acids is 3. The van der Waals surface area contributed by atoms with Crippen LogP contribution in [-0.2, 0) is 32.3 Å². The fourth-order valence-electron chi connectivity index (χ4n) is 7.55. The topological polar surface area (TPSA) is 121 Å². The molecule has 2 unspecified atom stereocenters. The van der Waals surface area contributed by atoms with Gasteiger partial charge in [-0.2, -0.15) is 0 Å². The lowest BCUT2D eigenvalue weighted by Gasteiger charge is -2.36. The van der Waals surface area contributed by atoms with Crippen LogP contribution in [0, 0.1) is 11.8 Å². The molecule has 0 saturated carbocycles. The van der Waals surface area contributed by atoms with Gasteiger partial charge in [0.1, 0.15) is 23.8 Å². The lowest BCUT2D eigenvalue weighted by atomic mass is 9.66. The van der Waals surface area contributed by atoms with Gasteiger partial charge in [-0.05, 0) is 37.5 Å². The molecule has 230 valence electrons. The van der Waals surface area contributed by atoms with Crippen molar-refractivity contribution in [3.63, 3.8) is 0 Å². The van der Waals surface area contributed by atoms with Crippen molar-refractivity contribution in [3.05, 3.63) is 85.5 Å². The van der Waals surface area contributed by atoms with Crippen molar-refractivity contribution >= 4 is 28.8 Å². The van der Waals surface area contributed by atoms with E-state index in [9.17, 15) is 19.5 Å². The normalized spacial score (nSPS) is 27.0. The van der Waals surface area contributed by atoms with Gasteiger partial charge in [0.15, 0.2) is 0 Å². The number of fused-ring (bicyclic) bond motifs is 2. The summed E-state index contributed by atoms with van der Waals surface area (Å²) >= 11 is 0. The molecule has 3 aliphatic rings. The minimum Gasteiger partial charge on any atom is -0.395 e. The fourth-order valence-corrected chi connectivity index (χ4v) is 7.55. The maximum Gasteiger partial charge on any atom is 0.250 e. The molecule has 0 radical (unpaired) electrons. The number of β-amino-alcohol motifs (C(OH)–C–C–N with tert-alkyl or cyclic N) is 1. The maximum absolute atomic E-state index is 14.6. The molecule has 11 nitrogen and oxygen atoms in total. The number of aliphatic hydroxyl groups excluding tert-OH is 1. The van der Waals surface area contributed by atoms with Crippen LogP contribution in [0.5, 0.6) is 0 Å². The van der Waals surface area contributed by atoms with E-state index in [1.807, 2.05) is 61.5 Å². The highest BCUT2D eigenvalue weighted by atomic mass is 16.5. The highest BCUT2D eigenvalue weighted by Gasteiger charge is 2.78. The van der Waals surface area contributed by atoms with Gasteiger partial charge in [-0.15, -0.1) is 18.3 Å². The van der Waals surface area contributed by atoms with Crippen molar-refractivity contribution in [3.8, 4) is 0 Å². The van der Waals surface area contributed by atoms with Crippen molar-refractivity contribution in [1.29, 1.82) is 0 Å². The van der Waals surface area contributed by atoms with Crippen LogP contribution < -0.4 is 0 Å². The van der Waals surface area contributed by atoms with E-state index in [-0.39, 0.29) is 44.1 Å². The number of hydrogen-bond acceptors (Lipinski definition) is 7. The summed E-state index contributed by atoms with van der Waals surface area (Å²) in [5.74, 6) is -2.56. The molecule has 2 aromatic carbocycles. The number of carbonyl (C=O) groups is 3. The van der Waals surface area contributed by atoms with Crippen molar-refractivity contribution in [2.24, 2.45) is 11.8 Å². The second-order valence-electron chi connectivity index (χ2n) is 12.0. The summed E-state index contributed by atoms with van der Waals surface area (Å²) in [7, 11) is 0. The average molecular weight is 599 g/mol. The molecule has 4 heterocycles. The molecule has 3 aliphatic heterocycles. The van der Waals surface area contributed by atoms with Gasteiger partial charge in [-0.3, -0.25) is 14.4 Å². The fraction of sp³-hybridized carbons (Fsp3) is 0.424. The molecule has 1 N–H and O–H groups in total. The number of amides is 3. The van der Waals surface area contributed by atoms with Crippen LogP contribution >= 0.6 is 0 Å². The first-order valence-corrected chi connectivity index (χ1v) is 15.0. The molecule has 6 rings (SSSR count). The highest BCUT2D eigenvalue weighted by Crippen LogP contribution is 2.63. The molecule has 11 heteroatoms. The van der Waals surface area contributed by atoms with Crippen LogP contribution in [0.3, 0.4) is 0 Å². The first-order chi connectivity index (χ1) is 21.3. The molecular formula is C33H38N6O5. The largest absolute Gasteiger partial charge is 0.395 e. The number of hydrogen-bond donors (Lipinski definition) is 1. The van der Waals surface area contributed by atoms with Crippen molar-refractivity contribution in [1.82, 2.24) is 29.7 Å². The number of ether oxygens (including phenoxy) is 1. The molecule has 1 aromatic heterocycles. The minimum atomic E-state index is -1.21. The lowest BCUT2D eigenvalue weighted by Crippen LogP contribution is -2.57. The molecule has 44 heavy (non-hydrogen) atoms. The predicted molar refractivity (Wildman–Crippen MR) is 163 cm³/mol. The summed E-state index contributed by atoms with van der Waals surface area (Å²) in [5.41, 5.74) is 0.274. The summed E-state index contributed by atoms with van der Waals surface area (Å²) in [5, 5.41) is 18.5. The Balaban J connectivity index is 1.35. The molecule has 2 bridgehead atoms. The van der Waals surface area contributed by atoms with Gasteiger partial charge < -0.3 is 24.5 Å². The zero-order valence-corrected chi connectivity index (χ0v) is 24.9. The predicted octanol–water partition coefficient (Wildman–Crippen LogP) is 2.38. The van der Waals surface area contributed by atoms with E-state index in [4.69, 9.17) is 4.74 Å². The number of nitrogens with zero attached hydrogens (tertiary/aromatic N) is 6. The number of rotatable bonds is 12. The Morgan fingerprint density at radius 2 is 1.75 bits per heavy atom. The quantitative estimate of drug-likeness (QED) is 0.318. The molecule has 3 aromatic rings. The van der Waals surface area contributed by atoms with E-state index < -0.39 is 29.1 Å². The summed E-state index contributed by atoms with van der Waals surface area (Å²) in [6, 6.07) is 16.1. The SMILES string of the molecule is C=CCN(Cn1nnc2ccccc21)C(=O)C1N(CCO)C(=O)[C@@H]2[C@@H](C(=O)N(CC=C)Cc3ccccc3)[C@@]3(C)CCC12O3. The second kappa shape index (κ2) is 11.6. The van der Waals surface area contributed by atoms with E-state index in [0.717, 1.165) is 11.1 Å². The number of aromatic nitrogens is 3. The summed E-state index contributed by atoms with van der Waals surface area (Å²) in [4.78, 5) is 47.9. The Morgan fingerprint density at radius 1 is 1.05 bits per heavy atom. The van der Waals surface area contributed by atoms with Crippen LogP contribution in [0.1, 0.15) is 25.3 Å². The standard InChI is InChI=1S/C33H38N6O5/c1-4-17-36(21-23-11-7-6-8-12-23)29(41)26-27-30(42)38(19-20-40)28(33(27)16-15-32(26,3)44-33)31(43)37(18-5-2)22-39-25-14-10-9-13-24(25)34-35-39/h4-14,26-28,40H,1-2,15-22H2,3H3/t26-,27-,28?,32+,33?/m0/s1. The van der Waals surface area contributed by atoms with Crippen LogP contribution in [-0.4, -0.2) is 96.0 Å². The third-order valence-corrected chi connectivity index (χ3v) is 9.38. The maximum atomic E-state index is 14.6. The first-order valence-electron chi connectivity index (χ1n) is 15.0. The number of likely N-dealkylation sites (tertiary alicyclic amines) is 1. The summed E-state index contributed by atoms with van der Waals surface area (Å²) < 4.78 is 8.41. The number of aliphatic hydroxyl groups is 1. The molecule has 1 spiro atoms.